The van der Waals surface area contributed by atoms with Crippen molar-refractivity contribution < 1.29 is 23.5 Å². The summed E-state index contributed by atoms with van der Waals surface area (Å²) < 4.78 is 19.8. The van der Waals surface area contributed by atoms with E-state index in [1.807, 2.05) is 13.8 Å². The number of carbonyl (C=O) groups excluding carboxylic acids is 3. The molecule has 0 aliphatic rings. The third-order valence-corrected chi connectivity index (χ3v) is 5.70. The number of hydrogen-bond donors (Lipinski definition) is 0. The summed E-state index contributed by atoms with van der Waals surface area (Å²) in [6.07, 6.45) is 0.713. The minimum absolute atomic E-state index is 0.250. The molecular formula is C24H31FN2O4. The van der Waals surface area contributed by atoms with Crippen molar-refractivity contribution in [3.8, 4) is 0 Å². The zero-order valence-electron chi connectivity index (χ0n) is 19.3. The van der Waals surface area contributed by atoms with E-state index in [1.165, 1.54) is 36.3 Å². The van der Waals surface area contributed by atoms with Crippen molar-refractivity contribution in [3.63, 3.8) is 0 Å². The zero-order valence-corrected chi connectivity index (χ0v) is 19.3. The van der Waals surface area contributed by atoms with Crippen LogP contribution in [-0.2, 0) is 11.8 Å². The number of ketones is 1. The summed E-state index contributed by atoms with van der Waals surface area (Å²) >= 11 is 0. The highest BCUT2D eigenvalue weighted by Gasteiger charge is 2.32. The van der Waals surface area contributed by atoms with Gasteiger partial charge in [0.15, 0.2) is 5.78 Å². The maximum absolute atomic E-state index is 13.5. The lowest BCUT2D eigenvalue weighted by Crippen LogP contribution is -2.44. The first kappa shape index (κ1) is 24.3. The number of carbonyl (C=O) groups is 3. The SMILES string of the molecule is COC(=O)c1c(C)c(C(=O)C(C)N(CCC(C)C)C(=O)c2ccc(F)cc2)c(C)n1C. The molecule has 0 N–H and O–H groups in total. The van der Waals surface area contributed by atoms with Crippen LogP contribution in [0.15, 0.2) is 24.3 Å². The van der Waals surface area contributed by atoms with Crippen LogP contribution in [0.25, 0.3) is 0 Å². The molecule has 1 amide bonds. The Morgan fingerprint density at radius 3 is 2.19 bits per heavy atom. The van der Waals surface area contributed by atoms with E-state index in [-0.39, 0.29) is 11.7 Å². The molecule has 0 aliphatic heterocycles. The highest BCUT2D eigenvalue weighted by molar-refractivity contribution is 6.07. The fourth-order valence-electron chi connectivity index (χ4n) is 3.70. The van der Waals surface area contributed by atoms with E-state index >= 15 is 0 Å². The van der Waals surface area contributed by atoms with Gasteiger partial charge in [-0.2, -0.15) is 0 Å². The summed E-state index contributed by atoms with van der Waals surface area (Å²) in [5, 5.41) is 0. The Kier molecular flexibility index (Phi) is 7.76. The summed E-state index contributed by atoms with van der Waals surface area (Å²) in [6, 6.07) is 4.54. The number of rotatable bonds is 8. The number of aromatic nitrogens is 1. The Morgan fingerprint density at radius 1 is 1.10 bits per heavy atom. The second kappa shape index (κ2) is 9.90. The van der Waals surface area contributed by atoms with Crippen molar-refractivity contribution in [2.75, 3.05) is 13.7 Å². The summed E-state index contributed by atoms with van der Waals surface area (Å²) in [5.41, 5.74) is 2.21. The van der Waals surface area contributed by atoms with Crippen molar-refractivity contribution >= 4 is 17.7 Å². The number of halogens is 1. The Balaban J connectivity index is 2.46. The fourth-order valence-corrected chi connectivity index (χ4v) is 3.70. The van der Waals surface area contributed by atoms with Crippen molar-refractivity contribution in [2.24, 2.45) is 13.0 Å². The van der Waals surface area contributed by atoms with Gasteiger partial charge in [-0.05, 0) is 62.9 Å². The zero-order chi connectivity index (χ0) is 23.5. The highest BCUT2D eigenvalue weighted by Crippen LogP contribution is 2.25. The number of ether oxygens (including phenoxy) is 1. The van der Waals surface area contributed by atoms with Crippen LogP contribution in [0.3, 0.4) is 0 Å². The number of amides is 1. The molecular weight excluding hydrogens is 399 g/mol. The first-order chi connectivity index (χ1) is 14.5. The lowest BCUT2D eigenvalue weighted by atomic mass is 9.98. The molecule has 7 heteroatoms. The van der Waals surface area contributed by atoms with E-state index < -0.39 is 17.8 Å². The molecule has 2 rings (SSSR count). The summed E-state index contributed by atoms with van der Waals surface area (Å²) in [4.78, 5) is 40.5. The highest BCUT2D eigenvalue weighted by atomic mass is 19.1. The number of esters is 1. The number of hydrogen-bond acceptors (Lipinski definition) is 4. The van der Waals surface area contributed by atoms with E-state index in [0.29, 0.717) is 47.0 Å². The van der Waals surface area contributed by atoms with Crippen LogP contribution in [0.5, 0.6) is 0 Å². The van der Waals surface area contributed by atoms with E-state index in [2.05, 4.69) is 0 Å². The third kappa shape index (κ3) is 5.03. The molecule has 0 saturated carbocycles. The molecule has 0 aliphatic carbocycles. The molecule has 6 nitrogen and oxygen atoms in total. The predicted octanol–water partition coefficient (Wildman–Crippen LogP) is 4.33. The van der Waals surface area contributed by atoms with E-state index in [0.717, 1.165) is 0 Å². The van der Waals surface area contributed by atoms with Crippen LogP contribution < -0.4 is 0 Å². The lowest BCUT2D eigenvalue weighted by Gasteiger charge is -2.29. The monoisotopic (exact) mass is 430 g/mol. The van der Waals surface area contributed by atoms with Crippen molar-refractivity contribution in [3.05, 3.63) is 58.2 Å². The van der Waals surface area contributed by atoms with Gasteiger partial charge in [0.05, 0.1) is 13.2 Å². The minimum Gasteiger partial charge on any atom is -0.464 e. The van der Waals surface area contributed by atoms with Gasteiger partial charge in [0.1, 0.15) is 11.5 Å². The molecule has 0 radical (unpaired) electrons. The van der Waals surface area contributed by atoms with Gasteiger partial charge in [0.2, 0.25) is 0 Å². The molecule has 1 heterocycles. The average molecular weight is 431 g/mol. The van der Waals surface area contributed by atoms with Gasteiger partial charge in [-0.25, -0.2) is 9.18 Å². The molecule has 31 heavy (non-hydrogen) atoms. The first-order valence-corrected chi connectivity index (χ1v) is 10.4. The standard InChI is InChI=1S/C24H31FN2O4/c1-14(2)12-13-27(23(29)18-8-10-19(25)11-9-18)17(5)22(28)20-15(3)21(24(30)31-7)26(6)16(20)4/h8-11,14,17H,12-13H2,1-7H3. The first-order valence-electron chi connectivity index (χ1n) is 10.4. The van der Waals surface area contributed by atoms with Gasteiger partial charge in [-0.3, -0.25) is 9.59 Å². The second-order valence-electron chi connectivity index (χ2n) is 8.21. The van der Waals surface area contributed by atoms with Gasteiger partial charge in [-0.1, -0.05) is 13.8 Å². The predicted molar refractivity (Wildman–Crippen MR) is 117 cm³/mol. The molecule has 1 atom stereocenters. The number of Topliss-reactive ketones (excluding diaryl/α,β-unsaturated/α-hetero) is 1. The molecule has 0 spiro atoms. The maximum atomic E-state index is 13.5. The quantitative estimate of drug-likeness (QED) is 0.462. The summed E-state index contributed by atoms with van der Waals surface area (Å²) in [7, 11) is 3.00. The van der Waals surface area contributed by atoms with E-state index in [4.69, 9.17) is 4.74 Å². The lowest BCUT2D eigenvalue weighted by molar-refractivity contribution is 0.0587. The molecule has 0 fully saturated rings. The molecule has 0 saturated heterocycles. The Hall–Kier alpha value is -2.96. The fraction of sp³-hybridized carbons (Fsp3) is 0.458. The van der Waals surface area contributed by atoms with Crippen LogP contribution in [0.2, 0.25) is 0 Å². The largest absolute Gasteiger partial charge is 0.464 e. The third-order valence-electron chi connectivity index (χ3n) is 5.70. The van der Waals surface area contributed by atoms with Gasteiger partial charge < -0.3 is 14.2 Å². The molecule has 1 aromatic carbocycles. The number of nitrogens with zero attached hydrogens (tertiary/aromatic N) is 2. The van der Waals surface area contributed by atoms with Crippen LogP contribution in [0.4, 0.5) is 4.39 Å². The molecule has 1 unspecified atom stereocenters. The number of methoxy groups -OCH3 is 1. The Morgan fingerprint density at radius 2 is 1.68 bits per heavy atom. The maximum Gasteiger partial charge on any atom is 0.354 e. The Labute approximate surface area is 183 Å². The normalized spacial score (nSPS) is 12.0. The average Bonchev–Trinajstić information content (AvgIpc) is 2.95. The molecule has 0 bridgehead atoms. The topological polar surface area (TPSA) is 68.6 Å². The van der Waals surface area contributed by atoms with Gasteiger partial charge in [0, 0.05) is 30.4 Å². The second-order valence-corrected chi connectivity index (χ2v) is 8.21. The van der Waals surface area contributed by atoms with Gasteiger partial charge in [0.25, 0.3) is 5.91 Å². The van der Waals surface area contributed by atoms with Crippen molar-refractivity contribution in [1.82, 2.24) is 9.47 Å². The molecule has 1 aromatic heterocycles. The minimum atomic E-state index is -0.762. The van der Waals surface area contributed by atoms with Gasteiger partial charge >= 0.3 is 5.97 Å². The Bertz CT molecular complexity index is 976. The van der Waals surface area contributed by atoms with Gasteiger partial charge in [-0.15, -0.1) is 0 Å². The molecule has 168 valence electrons. The van der Waals surface area contributed by atoms with Crippen LogP contribution >= 0.6 is 0 Å². The van der Waals surface area contributed by atoms with Crippen molar-refractivity contribution in [1.29, 1.82) is 0 Å². The van der Waals surface area contributed by atoms with Crippen LogP contribution in [-0.4, -0.2) is 46.8 Å². The summed E-state index contributed by atoms with van der Waals surface area (Å²) in [6.45, 7) is 9.63. The van der Waals surface area contributed by atoms with E-state index in [9.17, 15) is 18.8 Å². The van der Waals surface area contributed by atoms with E-state index in [1.54, 1.807) is 32.4 Å². The number of benzene rings is 1. The smallest absolute Gasteiger partial charge is 0.354 e. The van der Waals surface area contributed by atoms with Crippen LogP contribution in [0.1, 0.15) is 69.7 Å². The summed E-state index contributed by atoms with van der Waals surface area (Å²) in [5.74, 6) is -1.20. The molecule has 2 aromatic rings. The van der Waals surface area contributed by atoms with Crippen LogP contribution in [0, 0.1) is 25.6 Å². The van der Waals surface area contributed by atoms with Crippen molar-refractivity contribution in [2.45, 2.75) is 47.1 Å².